The number of nitrogens with zero attached hydrogens (tertiary/aromatic N) is 1. The largest absolute Gasteiger partial charge is 0.399 e. The number of hydrogen-bond donors (Lipinski definition) is 2. The Labute approximate surface area is 113 Å². The lowest BCUT2D eigenvalue weighted by molar-refractivity contribution is 1.29. The van der Waals surface area contributed by atoms with Crippen molar-refractivity contribution >= 4 is 44.7 Å². The van der Waals surface area contributed by atoms with Crippen molar-refractivity contribution in [3.63, 3.8) is 0 Å². The third-order valence-corrected chi connectivity index (χ3v) is 3.40. The minimum Gasteiger partial charge on any atom is -0.399 e. The van der Waals surface area contributed by atoms with Crippen LogP contribution in [0, 0.1) is 6.92 Å². The molecule has 0 aliphatic carbocycles. The molecular formula is C12H11BrClN3. The number of anilines is 3. The first-order chi connectivity index (χ1) is 8.06. The average Bonchev–Trinajstić information content (AvgIpc) is 2.23. The van der Waals surface area contributed by atoms with E-state index < -0.39 is 0 Å². The normalized spacial score (nSPS) is 10.3. The van der Waals surface area contributed by atoms with Crippen LogP contribution < -0.4 is 11.1 Å². The van der Waals surface area contributed by atoms with Gasteiger partial charge in [-0.2, -0.15) is 0 Å². The molecule has 2 rings (SSSR count). The summed E-state index contributed by atoms with van der Waals surface area (Å²) >= 11 is 9.32. The molecule has 0 bridgehead atoms. The highest BCUT2D eigenvalue weighted by atomic mass is 79.9. The van der Waals surface area contributed by atoms with Crippen molar-refractivity contribution in [3.8, 4) is 0 Å². The Balaban J connectivity index is 2.34. The molecule has 3 nitrogen and oxygen atoms in total. The maximum atomic E-state index is 5.85. The molecule has 2 aromatic rings. The van der Waals surface area contributed by atoms with Gasteiger partial charge in [-0.05, 0) is 30.7 Å². The summed E-state index contributed by atoms with van der Waals surface area (Å²) in [5.74, 6) is 0.635. The summed E-state index contributed by atoms with van der Waals surface area (Å²) in [7, 11) is 0. The van der Waals surface area contributed by atoms with E-state index in [1.807, 2.05) is 25.1 Å². The van der Waals surface area contributed by atoms with Crippen LogP contribution in [0.4, 0.5) is 17.2 Å². The number of hydrogen-bond acceptors (Lipinski definition) is 3. The minimum absolute atomic E-state index is 0.375. The van der Waals surface area contributed by atoms with Crippen LogP contribution in [0.3, 0.4) is 0 Å². The zero-order valence-corrected chi connectivity index (χ0v) is 11.5. The van der Waals surface area contributed by atoms with Gasteiger partial charge in [0.2, 0.25) is 0 Å². The Morgan fingerprint density at radius 3 is 2.82 bits per heavy atom. The molecule has 0 amide bonds. The number of pyridine rings is 1. The first-order valence-corrected chi connectivity index (χ1v) is 6.18. The number of nitrogens with two attached hydrogens (primary N) is 1. The van der Waals surface area contributed by atoms with Gasteiger partial charge in [0.15, 0.2) is 0 Å². The summed E-state index contributed by atoms with van der Waals surface area (Å²) in [5.41, 5.74) is 8.36. The van der Waals surface area contributed by atoms with Gasteiger partial charge in [0.05, 0.1) is 0 Å². The second-order valence-corrected chi connectivity index (χ2v) is 4.89. The Morgan fingerprint density at radius 2 is 2.12 bits per heavy atom. The summed E-state index contributed by atoms with van der Waals surface area (Å²) in [6, 6.07) is 9.26. The Hall–Kier alpha value is -1.26. The van der Waals surface area contributed by atoms with Gasteiger partial charge in [0, 0.05) is 21.9 Å². The van der Waals surface area contributed by atoms with Crippen LogP contribution in [0.2, 0.25) is 5.15 Å². The summed E-state index contributed by atoms with van der Waals surface area (Å²) in [4.78, 5) is 4.16. The summed E-state index contributed by atoms with van der Waals surface area (Å²) in [5, 5.41) is 3.56. The maximum Gasteiger partial charge on any atom is 0.134 e. The molecule has 17 heavy (non-hydrogen) atoms. The Morgan fingerprint density at radius 1 is 1.35 bits per heavy atom. The molecule has 0 aliphatic heterocycles. The van der Waals surface area contributed by atoms with Gasteiger partial charge in [-0.3, -0.25) is 0 Å². The van der Waals surface area contributed by atoms with E-state index in [2.05, 4.69) is 26.2 Å². The second-order valence-electron chi connectivity index (χ2n) is 3.65. The third-order valence-electron chi connectivity index (χ3n) is 2.35. The van der Waals surface area contributed by atoms with Crippen LogP contribution in [0.5, 0.6) is 0 Å². The van der Waals surface area contributed by atoms with E-state index in [0.29, 0.717) is 16.7 Å². The number of halogens is 2. The van der Waals surface area contributed by atoms with E-state index in [9.17, 15) is 0 Å². The molecule has 1 heterocycles. The van der Waals surface area contributed by atoms with Gasteiger partial charge in [-0.1, -0.05) is 33.6 Å². The van der Waals surface area contributed by atoms with Crippen LogP contribution >= 0.6 is 27.5 Å². The zero-order chi connectivity index (χ0) is 12.4. The molecule has 0 atom stereocenters. The van der Waals surface area contributed by atoms with Crippen LogP contribution in [0.15, 0.2) is 34.8 Å². The first kappa shape index (κ1) is 12.2. The number of nitrogens with one attached hydrogen (secondary N) is 1. The lowest BCUT2D eigenvalue weighted by Gasteiger charge is -2.10. The lowest BCUT2D eigenvalue weighted by Crippen LogP contribution is -1.98. The minimum atomic E-state index is 0.375. The van der Waals surface area contributed by atoms with E-state index in [1.165, 1.54) is 0 Å². The van der Waals surface area contributed by atoms with E-state index >= 15 is 0 Å². The fourth-order valence-electron chi connectivity index (χ4n) is 1.46. The van der Waals surface area contributed by atoms with Crippen LogP contribution in [0.1, 0.15) is 5.56 Å². The smallest absolute Gasteiger partial charge is 0.134 e. The van der Waals surface area contributed by atoms with E-state index in [0.717, 1.165) is 15.7 Å². The predicted molar refractivity (Wildman–Crippen MR) is 75.8 cm³/mol. The van der Waals surface area contributed by atoms with Crippen LogP contribution in [0.25, 0.3) is 0 Å². The fraction of sp³-hybridized carbons (Fsp3) is 0.0833. The van der Waals surface area contributed by atoms with E-state index in [4.69, 9.17) is 17.3 Å². The monoisotopic (exact) mass is 311 g/mol. The van der Waals surface area contributed by atoms with Crippen LogP contribution in [-0.2, 0) is 0 Å². The van der Waals surface area contributed by atoms with Crippen molar-refractivity contribution in [2.75, 3.05) is 11.1 Å². The zero-order valence-electron chi connectivity index (χ0n) is 9.17. The number of rotatable bonds is 2. The summed E-state index contributed by atoms with van der Waals surface area (Å²) in [6.07, 6.45) is 0. The van der Waals surface area contributed by atoms with Gasteiger partial charge < -0.3 is 11.1 Å². The predicted octanol–water partition coefficient (Wildman–Crippen LogP) is 4.13. The quantitative estimate of drug-likeness (QED) is 0.820. The molecule has 3 N–H and O–H groups in total. The van der Waals surface area contributed by atoms with Gasteiger partial charge >= 0.3 is 0 Å². The highest BCUT2D eigenvalue weighted by Crippen LogP contribution is 2.27. The summed E-state index contributed by atoms with van der Waals surface area (Å²) < 4.78 is 1.04. The summed E-state index contributed by atoms with van der Waals surface area (Å²) in [6.45, 7) is 2.01. The van der Waals surface area contributed by atoms with Crippen molar-refractivity contribution < 1.29 is 0 Å². The van der Waals surface area contributed by atoms with Gasteiger partial charge in [0.25, 0.3) is 0 Å². The molecule has 5 heteroatoms. The van der Waals surface area contributed by atoms with E-state index in [1.54, 1.807) is 12.1 Å². The third kappa shape index (κ3) is 2.90. The molecule has 1 aromatic heterocycles. The number of benzene rings is 1. The van der Waals surface area contributed by atoms with Crippen molar-refractivity contribution in [2.24, 2.45) is 0 Å². The molecule has 0 radical (unpaired) electrons. The number of nitrogen functional groups attached to an aromatic ring is 1. The number of aromatic nitrogens is 1. The fourth-order valence-corrected chi connectivity index (χ4v) is 2.04. The molecule has 0 saturated carbocycles. The van der Waals surface area contributed by atoms with Crippen LogP contribution in [-0.4, -0.2) is 4.98 Å². The van der Waals surface area contributed by atoms with Gasteiger partial charge in [-0.25, -0.2) is 4.98 Å². The van der Waals surface area contributed by atoms with Crippen molar-refractivity contribution in [1.82, 2.24) is 4.98 Å². The topological polar surface area (TPSA) is 50.9 Å². The SMILES string of the molecule is Cc1c(Br)cccc1Nc1cc(N)cc(Cl)n1. The van der Waals surface area contributed by atoms with Gasteiger partial charge in [-0.15, -0.1) is 0 Å². The molecule has 0 unspecified atom stereocenters. The molecule has 0 aliphatic rings. The maximum absolute atomic E-state index is 5.85. The highest BCUT2D eigenvalue weighted by Gasteiger charge is 2.04. The lowest BCUT2D eigenvalue weighted by atomic mass is 10.2. The first-order valence-electron chi connectivity index (χ1n) is 5.01. The molecule has 0 saturated heterocycles. The average molecular weight is 313 g/mol. The van der Waals surface area contributed by atoms with E-state index in [-0.39, 0.29) is 0 Å². The standard InChI is InChI=1S/C12H11BrClN3/c1-7-9(13)3-2-4-10(7)16-12-6-8(15)5-11(14)17-12/h2-6H,1H3,(H3,15,16,17). The Kier molecular flexibility index (Phi) is 3.54. The Bertz CT molecular complexity index is 537. The molecule has 0 fully saturated rings. The molecular weight excluding hydrogens is 302 g/mol. The van der Waals surface area contributed by atoms with Crippen molar-refractivity contribution in [1.29, 1.82) is 0 Å². The molecule has 1 aromatic carbocycles. The molecule has 0 spiro atoms. The highest BCUT2D eigenvalue weighted by molar-refractivity contribution is 9.10. The molecule has 88 valence electrons. The van der Waals surface area contributed by atoms with Gasteiger partial charge in [0.1, 0.15) is 11.0 Å². The van der Waals surface area contributed by atoms with Crippen molar-refractivity contribution in [2.45, 2.75) is 6.92 Å². The second kappa shape index (κ2) is 4.94. The van der Waals surface area contributed by atoms with Crippen molar-refractivity contribution in [3.05, 3.63) is 45.5 Å².